The standard InChI is InChI=1S/C12H14O3/c1-8(2)10-5-3-9(4-6-10)7-11(13)12(14)15/h3-6,8H,7H2,1-2H3,(H,14,15)/p-1. The largest absolute Gasteiger partial charge is 0.542 e. The van der Waals surface area contributed by atoms with Crippen LogP contribution in [-0.2, 0) is 16.0 Å². The summed E-state index contributed by atoms with van der Waals surface area (Å²) in [5, 5.41) is 10.2. The number of benzene rings is 1. The number of carboxylic acid groups (broad SMARTS) is 1. The fourth-order valence-corrected chi connectivity index (χ4v) is 1.28. The molecule has 3 nitrogen and oxygen atoms in total. The van der Waals surface area contributed by atoms with Gasteiger partial charge in [0.05, 0.1) is 0 Å². The number of hydrogen-bond donors (Lipinski definition) is 0. The summed E-state index contributed by atoms with van der Waals surface area (Å²) in [4.78, 5) is 21.1. The second kappa shape index (κ2) is 4.73. The average Bonchev–Trinajstić information content (AvgIpc) is 2.18. The van der Waals surface area contributed by atoms with Crippen molar-refractivity contribution in [3.63, 3.8) is 0 Å². The van der Waals surface area contributed by atoms with E-state index in [-0.39, 0.29) is 6.42 Å². The first-order valence-electron chi connectivity index (χ1n) is 4.83. The van der Waals surface area contributed by atoms with Crippen LogP contribution in [0.15, 0.2) is 24.3 Å². The molecular formula is C12H13O3-. The third-order valence-corrected chi connectivity index (χ3v) is 2.24. The van der Waals surface area contributed by atoms with Gasteiger partial charge in [0.2, 0.25) is 0 Å². The molecule has 0 radical (unpaired) electrons. The van der Waals surface area contributed by atoms with E-state index in [0.29, 0.717) is 11.5 Å². The molecular weight excluding hydrogens is 192 g/mol. The summed E-state index contributed by atoms with van der Waals surface area (Å²) in [6, 6.07) is 7.36. The van der Waals surface area contributed by atoms with Gasteiger partial charge in [-0.1, -0.05) is 38.1 Å². The molecule has 0 fully saturated rings. The van der Waals surface area contributed by atoms with E-state index in [1.807, 2.05) is 12.1 Å². The SMILES string of the molecule is CC(C)c1ccc(CC(=O)C(=O)[O-])cc1. The van der Waals surface area contributed by atoms with E-state index in [2.05, 4.69) is 13.8 Å². The van der Waals surface area contributed by atoms with Gasteiger partial charge in [-0.25, -0.2) is 0 Å². The Morgan fingerprint density at radius 1 is 1.20 bits per heavy atom. The van der Waals surface area contributed by atoms with Crippen LogP contribution in [0.25, 0.3) is 0 Å². The predicted octanol–water partition coefficient (Wildman–Crippen LogP) is 0.671. The minimum Gasteiger partial charge on any atom is -0.542 e. The van der Waals surface area contributed by atoms with E-state index in [4.69, 9.17) is 0 Å². The van der Waals surface area contributed by atoms with Gasteiger partial charge in [-0.05, 0) is 17.0 Å². The summed E-state index contributed by atoms with van der Waals surface area (Å²) >= 11 is 0. The summed E-state index contributed by atoms with van der Waals surface area (Å²) in [5.41, 5.74) is 1.87. The Morgan fingerprint density at radius 2 is 1.73 bits per heavy atom. The molecule has 0 bridgehead atoms. The molecule has 1 aromatic rings. The van der Waals surface area contributed by atoms with Crippen molar-refractivity contribution >= 4 is 11.8 Å². The van der Waals surface area contributed by atoms with E-state index in [9.17, 15) is 14.7 Å². The second-order valence-corrected chi connectivity index (χ2v) is 3.78. The first kappa shape index (κ1) is 11.4. The molecule has 0 aromatic heterocycles. The first-order chi connectivity index (χ1) is 7.00. The van der Waals surface area contributed by atoms with Gasteiger partial charge in [-0.15, -0.1) is 0 Å². The fourth-order valence-electron chi connectivity index (χ4n) is 1.28. The van der Waals surface area contributed by atoms with Crippen molar-refractivity contribution in [3.05, 3.63) is 35.4 Å². The highest BCUT2D eigenvalue weighted by atomic mass is 16.4. The first-order valence-corrected chi connectivity index (χ1v) is 4.83. The molecule has 0 aliphatic heterocycles. The molecule has 3 heteroatoms. The van der Waals surface area contributed by atoms with Crippen LogP contribution < -0.4 is 5.11 Å². The molecule has 0 aliphatic carbocycles. The summed E-state index contributed by atoms with van der Waals surface area (Å²) in [6.07, 6.45) is -0.0965. The normalized spacial score (nSPS) is 10.3. The second-order valence-electron chi connectivity index (χ2n) is 3.78. The fraction of sp³-hybridized carbons (Fsp3) is 0.333. The maximum absolute atomic E-state index is 10.9. The molecule has 0 atom stereocenters. The third kappa shape index (κ3) is 3.20. The molecule has 80 valence electrons. The predicted molar refractivity (Wildman–Crippen MR) is 54.2 cm³/mol. The summed E-state index contributed by atoms with van der Waals surface area (Å²) < 4.78 is 0. The molecule has 0 amide bonds. The Labute approximate surface area is 88.7 Å². The molecule has 15 heavy (non-hydrogen) atoms. The van der Waals surface area contributed by atoms with Crippen molar-refractivity contribution in [3.8, 4) is 0 Å². The van der Waals surface area contributed by atoms with Crippen LogP contribution in [0.1, 0.15) is 30.9 Å². The molecule has 1 aromatic carbocycles. The third-order valence-electron chi connectivity index (χ3n) is 2.24. The van der Waals surface area contributed by atoms with Crippen molar-refractivity contribution in [2.24, 2.45) is 0 Å². The molecule has 0 unspecified atom stereocenters. The number of rotatable bonds is 4. The number of carboxylic acids is 1. The Hall–Kier alpha value is -1.64. The van der Waals surface area contributed by atoms with Crippen molar-refractivity contribution in [1.29, 1.82) is 0 Å². The highest BCUT2D eigenvalue weighted by molar-refractivity contribution is 6.32. The molecule has 0 N–H and O–H groups in total. The van der Waals surface area contributed by atoms with E-state index >= 15 is 0 Å². The van der Waals surface area contributed by atoms with Crippen molar-refractivity contribution in [1.82, 2.24) is 0 Å². The Morgan fingerprint density at radius 3 is 2.13 bits per heavy atom. The van der Waals surface area contributed by atoms with Gasteiger partial charge < -0.3 is 9.90 Å². The number of ketones is 1. The lowest BCUT2D eigenvalue weighted by Gasteiger charge is -2.06. The zero-order chi connectivity index (χ0) is 11.4. The van der Waals surface area contributed by atoms with Crippen LogP contribution in [0.4, 0.5) is 0 Å². The van der Waals surface area contributed by atoms with Crippen molar-refractivity contribution in [2.45, 2.75) is 26.2 Å². The lowest BCUT2D eigenvalue weighted by Crippen LogP contribution is -2.32. The summed E-state index contributed by atoms with van der Waals surface area (Å²) in [7, 11) is 0. The van der Waals surface area contributed by atoms with Crippen LogP contribution in [-0.4, -0.2) is 11.8 Å². The van der Waals surface area contributed by atoms with Gasteiger partial charge in [0, 0.05) is 6.42 Å². The maximum atomic E-state index is 10.9. The zero-order valence-corrected chi connectivity index (χ0v) is 8.82. The monoisotopic (exact) mass is 205 g/mol. The van der Waals surface area contributed by atoms with Crippen LogP contribution in [0.3, 0.4) is 0 Å². The highest BCUT2D eigenvalue weighted by Gasteiger charge is 2.05. The molecule has 0 saturated carbocycles. The minimum atomic E-state index is -1.62. The molecule has 0 spiro atoms. The van der Waals surface area contributed by atoms with Gasteiger partial charge >= 0.3 is 0 Å². The van der Waals surface area contributed by atoms with Gasteiger partial charge in [0.1, 0.15) is 5.97 Å². The Kier molecular flexibility index (Phi) is 3.61. The molecule has 0 saturated heterocycles. The zero-order valence-electron chi connectivity index (χ0n) is 8.82. The molecule has 1 rings (SSSR count). The van der Waals surface area contributed by atoms with Crippen LogP contribution >= 0.6 is 0 Å². The van der Waals surface area contributed by atoms with E-state index < -0.39 is 11.8 Å². The lowest BCUT2D eigenvalue weighted by molar-refractivity contribution is -0.299. The summed E-state index contributed by atoms with van der Waals surface area (Å²) in [5.74, 6) is -2.08. The maximum Gasteiger partial charge on any atom is 0.182 e. The average molecular weight is 205 g/mol. The topological polar surface area (TPSA) is 57.2 Å². The number of carbonyl (C=O) groups is 2. The number of Topliss-reactive ketones (excluding diaryl/α,β-unsaturated/α-hetero) is 1. The smallest absolute Gasteiger partial charge is 0.182 e. The van der Waals surface area contributed by atoms with Gasteiger partial charge in [0.15, 0.2) is 5.78 Å². The van der Waals surface area contributed by atoms with E-state index in [1.54, 1.807) is 12.1 Å². The number of carbonyl (C=O) groups excluding carboxylic acids is 2. The summed E-state index contributed by atoms with van der Waals surface area (Å²) in [6.45, 7) is 4.14. The highest BCUT2D eigenvalue weighted by Crippen LogP contribution is 2.14. The van der Waals surface area contributed by atoms with Gasteiger partial charge in [0.25, 0.3) is 0 Å². The van der Waals surface area contributed by atoms with E-state index in [0.717, 1.165) is 0 Å². The lowest BCUT2D eigenvalue weighted by atomic mass is 10.00. The van der Waals surface area contributed by atoms with Crippen LogP contribution in [0.5, 0.6) is 0 Å². The number of hydrogen-bond acceptors (Lipinski definition) is 3. The van der Waals surface area contributed by atoms with Crippen LogP contribution in [0, 0.1) is 0 Å². The van der Waals surface area contributed by atoms with E-state index in [1.165, 1.54) is 5.56 Å². The Bertz CT molecular complexity index is 363. The molecule has 0 aliphatic rings. The van der Waals surface area contributed by atoms with Gasteiger partial charge in [-0.2, -0.15) is 0 Å². The Balaban J connectivity index is 2.73. The van der Waals surface area contributed by atoms with Crippen LogP contribution in [0.2, 0.25) is 0 Å². The quantitative estimate of drug-likeness (QED) is 0.679. The van der Waals surface area contributed by atoms with Crippen molar-refractivity contribution < 1.29 is 14.7 Å². The number of aliphatic carboxylic acids is 1. The van der Waals surface area contributed by atoms with Gasteiger partial charge in [-0.3, -0.25) is 4.79 Å². The molecule has 0 heterocycles. The van der Waals surface area contributed by atoms with Crippen molar-refractivity contribution in [2.75, 3.05) is 0 Å². The minimum absolute atomic E-state index is 0.0965.